The van der Waals surface area contributed by atoms with Gasteiger partial charge in [-0.2, -0.15) is 0 Å². The van der Waals surface area contributed by atoms with Gasteiger partial charge in [-0.15, -0.1) is 0 Å². The first-order valence-electron chi connectivity index (χ1n) is 17.5. The lowest BCUT2D eigenvalue weighted by Gasteiger charge is -2.70. The van der Waals surface area contributed by atoms with Crippen LogP contribution in [0, 0.1) is 34.5 Å². The van der Waals surface area contributed by atoms with Crippen LogP contribution in [0.2, 0.25) is 0 Å². The second kappa shape index (κ2) is 11.0. The van der Waals surface area contributed by atoms with Crippen molar-refractivity contribution in [3.05, 3.63) is 29.8 Å². The van der Waals surface area contributed by atoms with Crippen LogP contribution in [-0.2, 0) is 33.3 Å². The number of benzene rings is 1. The quantitative estimate of drug-likeness (QED) is 0.294. The van der Waals surface area contributed by atoms with Crippen LogP contribution in [0.5, 0.6) is 0 Å². The Bertz CT molecular complexity index is 1510. The fourth-order valence-electron chi connectivity index (χ4n) is 13.0. The molecular weight excluding hydrogens is 620 g/mol. The molecule has 2 heterocycles. The van der Waals surface area contributed by atoms with Gasteiger partial charge in [-0.25, -0.2) is 9.69 Å². The van der Waals surface area contributed by atoms with Crippen molar-refractivity contribution < 1.29 is 48.3 Å². The number of hydrogen-bond acceptors (Lipinski definition) is 11. The van der Waals surface area contributed by atoms with Crippen LogP contribution in [0.4, 0.5) is 5.69 Å². The van der Waals surface area contributed by atoms with Gasteiger partial charge >= 0.3 is 5.97 Å². The van der Waals surface area contributed by atoms with E-state index in [1.54, 1.807) is 52.7 Å². The number of piperidine rings is 1. The second-order valence-electron chi connectivity index (χ2n) is 15.4. The first-order valence-corrected chi connectivity index (χ1v) is 17.5. The highest BCUT2D eigenvalue weighted by Crippen LogP contribution is 2.80. The number of rotatable bonds is 9. The average molecular weight is 669 g/mol. The summed E-state index contributed by atoms with van der Waals surface area (Å²) in [6.07, 6.45) is 0.951. The van der Waals surface area contributed by atoms with Gasteiger partial charge in [0, 0.05) is 82.8 Å². The Hall–Kier alpha value is -2.45. The van der Waals surface area contributed by atoms with Crippen molar-refractivity contribution in [1.29, 1.82) is 0 Å². The molecule has 5 aliphatic carbocycles. The lowest BCUT2D eigenvalue weighted by atomic mass is 9.42. The molecule has 12 nitrogen and oxygen atoms in total. The molecule has 1 aromatic rings. The summed E-state index contributed by atoms with van der Waals surface area (Å²) in [4.78, 5) is 42.6. The maximum atomic E-state index is 14.0. The fourth-order valence-corrected chi connectivity index (χ4v) is 13.0. The molecule has 7 fully saturated rings. The molecule has 13 atom stereocenters. The van der Waals surface area contributed by atoms with E-state index in [-0.39, 0.29) is 90.9 Å². The number of fused-ring (bicyclic) bond motifs is 2. The molecule has 2 N–H and O–H groups in total. The highest BCUT2D eigenvalue weighted by Gasteiger charge is 2.91. The summed E-state index contributed by atoms with van der Waals surface area (Å²) in [5.74, 6) is -2.00. The summed E-state index contributed by atoms with van der Waals surface area (Å²) in [6.45, 7) is 3.24. The van der Waals surface area contributed by atoms with Crippen molar-refractivity contribution in [2.75, 3.05) is 53.0 Å². The minimum absolute atomic E-state index is 0.0394. The molecule has 1 aromatic carbocycles. The molecule has 2 amide bonds. The number of hydrogen-bond donors (Lipinski definition) is 2. The Kier molecular flexibility index (Phi) is 7.52. The number of nitrogens with zero attached hydrogens (tertiary/aromatic N) is 2. The molecule has 2 aliphatic heterocycles. The Labute approximate surface area is 280 Å². The van der Waals surface area contributed by atoms with Crippen LogP contribution in [0.25, 0.3) is 0 Å². The number of likely N-dealkylation sites (N-methyl/N-ethyl adjacent to an activating group) is 1. The Morgan fingerprint density at radius 1 is 1.00 bits per heavy atom. The van der Waals surface area contributed by atoms with Crippen LogP contribution in [0.3, 0.4) is 0 Å². The Morgan fingerprint density at radius 3 is 2.38 bits per heavy atom. The van der Waals surface area contributed by atoms with Gasteiger partial charge in [0.15, 0.2) is 0 Å². The first kappa shape index (κ1) is 32.7. The number of ether oxygens (including phenoxy) is 5. The van der Waals surface area contributed by atoms with E-state index in [4.69, 9.17) is 23.7 Å². The van der Waals surface area contributed by atoms with Crippen molar-refractivity contribution in [3.8, 4) is 0 Å². The molecule has 0 radical (unpaired) electrons. The molecule has 48 heavy (non-hydrogen) atoms. The number of para-hydroxylation sites is 1. The van der Waals surface area contributed by atoms with E-state index in [1.165, 1.54) is 0 Å². The van der Waals surface area contributed by atoms with Gasteiger partial charge in [0.25, 0.3) is 0 Å². The molecule has 262 valence electrons. The molecule has 7 aliphatic rings. The lowest BCUT2D eigenvalue weighted by Crippen LogP contribution is -2.82. The van der Waals surface area contributed by atoms with E-state index in [9.17, 15) is 24.6 Å². The number of aliphatic hydroxyl groups is 2. The summed E-state index contributed by atoms with van der Waals surface area (Å²) < 4.78 is 31.3. The highest BCUT2D eigenvalue weighted by atomic mass is 16.5. The van der Waals surface area contributed by atoms with Gasteiger partial charge < -0.3 is 33.9 Å². The van der Waals surface area contributed by atoms with Gasteiger partial charge in [-0.05, 0) is 43.9 Å². The van der Waals surface area contributed by atoms with Crippen molar-refractivity contribution in [1.82, 2.24) is 4.90 Å². The van der Waals surface area contributed by atoms with Gasteiger partial charge in [0.2, 0.25) is 11.8 Å². The number of carbonyl (C=O) groups is 3. The maximum absolute atomic E-state index is 14.0. The Balaban J connectivity index is 1.24. The molecule has 7 bridgehead atoms. The molecule has 3 unspecified atom stereocenters. The molecule has 5 saturated carbocycles. The third-order valence-corrected chi connectivity index (χ3v) is 14.2. The van der Waals surface area contributed by atoms with Gasteiger partial charge in [0.05, 0.1) is 48.3 Å². The third kappa shape index (κ3) is 3.67. The molecule has 2 saturated heterocycles. The molecule has 1 spiro atoms. The third-order valence-electron chi connectivity index (χ3n) is 14.2. The zero-order chi connectivity index (χ0) is 34.0. The van der Waals surface area contributed by atoms with Crippen molar-refractivity contribution in [2.45, 2.75) is 87.1 Å². The zero-order valence-electron chi connectivity index (χ0n) is 28.4. The number of carbonyl (C=O) groups excluding carboxylic acids is 3. The molecular formula is C36H48N2O10. The maximum Gasteiger partial charge on any atom is 0.340 e. The van der Waals surface area contributed by atoms with E-state index in [1.807, 2.05) is 0 Å². The smallest absolute Gasteiger partial charge is 0.340 e. The van der Waals surface area contributed by atoms with Gasteiger partial charge in [-0.3, -0.25) is 14.5 Å². The van der Waals surface area contributed by atoms with Crippen LogP contribution < -0.4 is 4.90 Å². The summed E-state index contributed by atoms with van der Waals surface area (Å²) in [5, 5.41) is 26.5. The average Bonchev–Trinajstić information content (AvgIpc) is 3.66. The van der Waals surface area contributed by atoms with Crippen molar-refractivity contribution in [3.63, 3.8) is 0 Å². The van der Waals surface area contributed by atoms with E-state index in [0.717, 1.165) is 11.3 Å². The summed E-state index contributed by atoms with van der Waals surface area (Å²) in [6, 6.07) is 6.11. The minimum Gasteiger partial charge on any atom is -0.461 e. The standard InChI is InChI=1S/C36H48N2O10/c1-6-37-17-33(18-48-31(41)19-9-7-8-10-22(19)38-25(39)11-12-26(38)40)14-13-24(45-3)35-21-15-20-23(44-2)16-34(42,27(21)28(20)46-4)36(43,32(35)37)30(47-5)29(33)35/h7-10,20-21,23-24,27-30,32,42-43H,6,11-18H2,1-5H3/t20-,21-,23+,24+,27-,28+,29?,30?,32?,33+,34-,35+,36+/m1/s1. The topological polar surface area (TPSA) is 144 Å². The molecule has 8 rings (SSSR count). The van der Waals surface area contributed by atoms with Gasteiger partial charge in [0.1, 0.15) is 11.2 Å². The second-order valence-corrected chi connectivity index (χ2v) is 15.4. The van der Waals surface area contributed by atoms with Crippen LogP contribution in [-0.4, -0.2) is 123 Å². The number of amides is 2. The van der Waals surface area contributed by atoms with E-state index >= 15 is 0 Å². The van der Waals surface area contributed by atoms with Crippen LogP contribution >= 0.6 is 0 Å². The number of likely N-dealkylation sites (tertiary alicyclic amines) is 1. The SMILES string of the molecule is CCN1C[C@]2(COC(=O)c3ccccc3N3C(=O)CCC3=O)CC[C@H](OC)[C@@]34C2C(OC)[C@](O)(C13)[C@@]1(O)C[C@H](OC)[C@H]2C[C@@H]4[C@@H]1[C@H]2OC. The zero-order valence-corrected chi connectivity index (χ0v) is 28.4. The van der Waals surface area contributed by atoms with E-state index in [2.05, 4.69) is 11.8 Å². The Morgan fingerprint density at radius 2 is 1.73 bits per heavy atom. The summed E-state index contributed by atoms with van der Waals surface area (Å²) >= 11 is 0. The van der Waals surface area contributed by atoms with E-state index < -0.39 is 40.1 Å². The number of anilines is 1. The first-order chi connectivity index (χ1) is 23.0. The van der Waals surface area contributed by atoms with Crippen LogP contribution in [0.15, 0.2) is 24.3 Å². The highest BCUT2D eigenvalue weighted by molar-refractivity contribution is 6.21. The van der Waals surface area contributed by atoms with Crippen molar-refractivity contribution in [2.24, 2.45) is 34.5 Å². The lowest BCUT2D eigenvalue weighted by molar-refractivity contribution is -0.320. The van der Waals surface area contributed by atoms with Crippen molar-refractivity contribution >= 4 is 23.5 Å². The van der Waals surface area contributed by atoms with Gasteiger partial charge in [-0.1, -0.05) is 19.1 Å². The van der Waals surface area contributed by atoms with Crippen LogP contribution in [0.1, 0.15) is 55.8 Å². The minimum atomic E-state index is -1.69. The monoisotopic (exact) mass is 668 g/mol. The number of esters is 1. The largest absolute Gasteiger partial charge is 0.461 e. The number of methoxy groups -OCH3 is 4. The molecule has 0 aromatic heterocycles. The summed E-state index contributed by atoms with van der Waals surface area (Å²) in [7, 11) is 6.70. The molecule has 12 heteroatoms. The number of imide groups is 1. The predicted molar refractivity (Wildman–Crippen MR) is 170 cm³/mol. The van der Waals surface area contributed by atoms with E-state index in [0.29, 0.717) is 25.9 Å². The normalized spacial score (nSPS) is 47.1. The predicted octanol–water partition coefficient (Wildman–Crippen LogP) is 1.79. The fraction of sp³-hybridized carbons (Fsp3) is 0.750. The summed E-state index contributed by atoms with van der Waals surface area (Å²) in [5.41, 5.74) is -4.15.